The van der Waals surface area contributed by atoms with Crippen LogP contribution in [0.5, 0.6) is 0 Å². The Balaban J connectivity index is 2.08. The molecule has 1 aliphatic rings. The molecule has 1 rings (SSSR count). The van der Waals surface area contributed by atoms with Gasteiger partial charge in [-0.3, -0.25) is 0 Å². The van der Waals surface area contributed by atoms with Crippen molar-refractivity contribution in [2.75, 3.05) is 0 Å². The first-order chi connectivity index (χ1) is 2.50. The Bertz CT molecular complexity index is 15.2. The Labute approximate surface area is 27.1 Å². The first-order valence-electron chi connectivity index (χ1n) is 0.865. The van der Waals surface area contributed by atoms with Gasteiger partial charge in [0.25, 0.3) is 0 Å². The molecular formula is NO4. The van der Waals surface area contributed by atoms with E-state index in [9.17, 15) is 0 Å². The van der Waals surface area contributed by atoms with Crippen molar-refractivity contribution in [3.63, 3.8) is 0 Å². The van der Waals surface area contributed by atoms with E-state index < -0.39 is 0 Å². The van der Waals surface area contributed by atoms with Crippen LogP contribution < -0.4 is 5.64 Å². The fraction of sp³-hybridized carbons (Fsp3) is 0. The molecule has 1 heterocycles. The molecule has 0 unspecified atom stereocenters. The van der Waals surface area contributed by atoms with Crippen LogP contribution in [0.4, 0.5) is 0 Å². The fourth-order valence-electron chi connectivity index (χ4n) is 0.0621. The molecule has 5 heteroatoms. The summed E-state index contributed by atoms with van der Waals surface area (Å²) in [6.45, 7) is 0. The van der Waals surface area contributed by atoms with Crippen LogP contribution in [0.2, 0.25) is 0 Å². The van der Waals surface area contributed by atoms with E-state index in [-0.39, 0.29) is 0 Å². The summed E-state index contributed by atoms with van der Waals surface area (Å²) in [5, 5.41) is 7.11. The van der Waals surface area contributed by atoms with Gasteiger partial charge >= 0.3 is 0 Å². The molecule has 0 aromatic heterocycles. The lowest BCUT2D eigenvalue weighted by atomic mass is 13.2. The first-order valence-corrected chi connectivity index (χ1v) is 0.865. The van der Waals surface area contributed by atoms with Crippen LogP contribution in [-0.4, -0.2) is 0 Å². The third-order valence-electron chi connectivity index (χ3n) is 0.149. The average Bonchev–Trinajstić information content (AvgIpc) is 1.76. The second kappa shape index (κ2) is 1.29. The predicted molar refractivity (Wildman–Crippen MR) is 6.47 cm³/mol. The zero-order valence-corrected chi connectivity index (χ0v) is 2.08. The summed E-state index contributed by atoms with van der Waals surface area (Å²) < 4.78 is 0. The van der Waals surface area contributed by atoms with E-state index in [4.69, 9.17) is 0 Å². The predicted octanol–water partition coefficient (Wildman–Crippen LogP) is -0.754. The molecule has 1 radical (unpaired) electrons. The Morgan fingerprint density at radius 1 is 1.00 bits per heavy atom. The molecule has 0 saturated carbocycles. The quantitative estimate of drug-likeness (QED) is 0.357. The molecule has 1 fully saturated rings. The SMILES string of the molecule is [N]1OOOO1. The smallest absolute Gasteiger partial charge is 0.0564 e. The van der Waals surface area contributed by atoms with Gasteiger partial charge in [-0.05, 0) is 10.1 Å². The third-order valence-corrected chi connectivity index (χ3v) is 0.149. The third kappa shape index (κ3) is 0.534. The lowest BCUT2D eigenvalue weighted by molar-refractivity contribution is -0.532. The average molecular weight is 78.0 g/mol. The van der Waals surface area contributed by atoms with Crippen molar-refractivity contribution in [1.82, 2.24) is 5.64 Å². The molecule has 0 N–H and O–H groups in total. The van der Waals surface area contributed by atoms with Crippen LogP contribution in [0.3, 0.4) is 0 Å². The molecule has 0 atom stereocenters. The highest BCUT2D eigenvalue weighted by molar-refractivity contribution is 3.41. The standard InChI is InChI=1S/NO4/c1-2-4-5-3-1. The molecule has 0 aromatic rings. The minimum absolute atomic E-state index is 2.64. The summed E-state index contributed by atoms with van der Waals surface area (Å²) >= 11 is 0. The minimum Gasteiger partial charge on any atom is -0.0564 e. The number of hydrogen-bond donors (Lipinski definition) is 0. The zero-order chi connectivity index (χ0) is 3.54. The van der Waals surface area contributed by atoms with Crippen LogP contribution in [-0.2, 0) is 20.1 Å². The Morgan fingerprint density at radius 3 is 1.80 bits per heavy atom. The van der Waals surface area contributed by atoms with Crippen LogP contribution in [0, 0.1) is 0 Å². The summed E-state index contributed by atoms with van der Waals surface area (Å²) in [5.74, 6) is 0. The van der Waals surface area contributed by atoms with Crippen molar-refractivity contribution < 1.29 is 20.1 Å². The van der Waals surface area contributed by atoms with Gasteiger partial charge in [0, 0.05) is 0 Å². The van der Waals surface area contributed by atoms with Gasteiger partial charge in [0.05, 0.1) is 0 Å². The van der Waals surface area contributed by atoms with E-state index in [0.717, 1.165) is 0 Å². The van der Waals surface area contributed by atoms with Crippen molar-refractivity contribution in [2.45, 2.75) is 0 Å². The Kier molecular flexibility index (Phi) is 0.778. The molecule has 5 heavy (non-hydrogen) atoms. The number of rotatable bonds is 0. The summed E-state index contributed by atoms with van der Waals surface area (Å²) in [5.41, 5.74) is 2.64. The van der Waals surface area contributed by atoms with Gasteiger partial charge in [-0.2, -0.15) is 0 Å². The zero-order valence-electron chi connectivity index (χ0n) is 2.08. The monoisotopic (exact) mass is 78.0 g/mol. The molecule has 29 valence electrons. The number of nitrogens with zero attached hydrogens (tertiary/aromatic N) is 1. The summed E-state index contributed by atoms with van der Waals surface area (Å²) in [6.07, 6.45) is 0. The van der Waals surface area contributed by atoms with Gasteiger partial charge in [0.1, 0.15) is 5.64 Å². The Morgan fingerprint density at radius 2 is 1.60 bits per heavy atom. The summed E-state index contributed by atoms with van der Waals surface area (Å²) in [7, 11) is 0. The van der Waals surface area contributed by atoms with E-state index in [0.29, 0.717) is 0 Å². The second-order valence-electron chi connectivity index (χ2n) is 0.360. The van der Waals surface area contributed by atoms with E-state index >= 15 is 0 Å². The maximum atomic E-state index is 3.62. The van der Waals surface area contributed by atoms with Crippen LogP contribution in [0.1, 0.15) is 0 Å². The highest BCUT2D eigenvalue weighted by Gasteiger charge is 2.00. The summed E-state index contributed by atoms with van der Waals surface area (Å²) in [6, 6.07) is 0. The van der Waals surface area contributed by atoms with Crippen molar-refractivity contribution in [3.8, 4) is 0 Å². The normalized spacial score (nSPS) is 24.0. The van der Waals surface area contributed by atoms with Gasteiger partial charge in [0.15, 0.2) is 0 Å². The molecule has 0 spiro atoms. The molecule has 0 amide bonds. The summed E-state index contributed by atoms with van der Waals surface area (Å²) in [4.78, 5) is 7.25. The highest BCUT2D eigenvalue weighted by Crippen LogP contribution is 1.86. The van der Waals surface area contributed by atoms with Gasteiger partial charge in [-0.15, -0.1) is 0 Å². The minimum atomic E-state index is 2.64. The number of hydrogen-bond acceptors (Lipinski definition) is 4. The molecule has 0 bridgehead atoms. The van der Waals surface area contributed by atoms with Crippen molar-refractivity contribution in [3.05, 3.63) is 0 Å². The molecule has 0 aromatic carbocycles. The van der Waals surface area contributed by atoms with Gasteiger partial charge in [-0.1, -0.05) is 9.98 Å². The Hall–Kier alpha value is -0.200. The maximum Gasteiger partial charge on any atom is 0.136 e. The lowest BCUT2D eigenvalue weighted by Crippen LogP contribution is -1.87. The topological polar surface area (TPSA) is 51.0 Å². The molecule has 0 aliphatic carbocycles. The van der Waals surface area contributed by atoms with E-state index in [1.54, 1.807) is 0 Å². The molecular weight excluding hydrogens is 78.0 g/mol. The van der Waals surface area contributed by atoms with Crippen LogP contribution >= 0.6 is 0 Å². The van der Waals surface area contributed by atoms with Gasteiger partial charge in [0.2, 0.25) is 0 Å². The molecule has 1 aliphatic heterocycles. The van der Waals surface area contributed by atoms with E-state index in [1.807, 2.05) is 0 Å². The molecule has 5 nitrogen and oxygen atoms in total. The maximum absolute atomic E-state index is 3.62. The second-order valence-corrected chi connectivity index (χ2v) is 0.360. The highest BCUT2D eigenvalue weighted by atomic mass is 17.8. The first kappa shape index (κ1) is 3.01. The van der Waals surface area contributed by atoms with E-state index in [1.165, 1.54) is 0 Å². The van der Waals surface area contributed by atoms with Gasteiger partial charge in [-0.25, -0.2) is 0 Å². The lowest BCUT2D eigenvalue weighted by Gasteiger charge is -1.64. The van der Waals surface area contributed by atoms with Crippen molar-refractivity contribution in [2.24, 2.45) is 0 Å². The van der Waals surface area contributed by atoms with Crippen molar-refractivity contribution in [1.29, 1.82) is 0 Å². The van der Waals surface area contributed by atoms with Gasteiger partial charge < -0.3 is 0 Å². The molecule has 1 saturated heterocycles. The fourth-order valence-corrected chi connectivity index (χ4v) is 0.0621. The largest absolute Gasteiger partial charge is 0.136 e. The van der Waals surface area contributed by atoms with Crippen molar-refractivity contribution >= 4 is 0 Å². The van der Waals surface area contributed by atoms with E-state index in [2.05, 4.69) is 25.7 Å². The van der Waals surface area contributed by atoms with Crippen LogP contribution in [0.15, 0.2) is 0 Å². The van der Waals surface area contributed by atoms with Crippen LogP contribution in [0.25, 0.3) is 0 Å².